The van der Waals surface area contributed by atoms with Crippen LogP contribution in [0.3, 0.4) is 0 Å². The average Bonchev–Trinajstić information content (AvgIpc) is 2.47. The third-order valence-electron chi connectivity index (χ3n) is 3.26. The summed E-state index contributed by atoms with van der Waals surface area (Å²) in [7, 11) is 0. The van der Waals surface area contributed by atoms with Gasteiger partial charge >= 0.3 is 0 Å². The van der Waals surface area contributed by atoms with Gasteiger partial charge in [-0.25, -0.2) is 4.39 Å². The molecule has 0 fully saturated rings. The summed E-state index contributed by atoms with van der Waals surface area (Å²) in [4.78, 5) is 22.3. The third-order valence-corrected chi connectivity index (χ3v) is 3.26. The first-order valence-corrected chi connectivity index (χ1v) is 6.75. The molecule has 0 bridgehead atoms. The van der Waals surface area contributed by atoms with E-state index in [4.69, 9.17) is 0 Å². The van der Waals surface area contributed by atoms with E-state index in [1.807, 2.05) is 0 Å². The van der Waals surface area contributed by atoms with Gasteiger partial charge < -0.3 is 5.32 Å². The van der Waals surface area contributed by atoms with Gasteiger partial charge in [-0.05, 0) is 37.1 Å². The van der Waals surface area contributed by atoms with Gasteiger partial charge in [0.2, 0.25) is 0 Å². The normalized spacial score (nSPS) is 10.3. The Hall–Kier alpha value is -2.76. The zero-order valence-corrected chi connectivity index (χ0v) is 12.0. The molecule has 0 atom stereocenters. The minimum atomic E-state index is -0.515. The average molecular weight is 302 g/mol. The van der Waals surface area contributed by atoms with Crippen molar-refractivity contribution in [2.45, 2.75) is 13.3 Å². The molecule has 2 aromatic rings. The van der Waals surface area contributed by atoms with Gasteiger partial charge in [0.25, 0.3) is 11.6 Å². The molecule has 114 valence electrons. The fourth-order valence-electron chi connectivity index (χ4n) is 2.06. The number of hydrogen-bond donors (Lipinski definition) is 1. The maximum Gasteiger partial charge on any atom is 0.273 e. The number of aryl methyl sites for hydroxylation is 1. The Morgan fingerprint density at radius 3 is 2.73 bits per heavy atom. The molecule has 0 spiro atoms. The Balaban J connectivity index is 1.98. The molecule has 22 heavy (non-hydrogen) atoms. The molecule has 2 aromatic carbocycles. The number of rotatable bonds is 5. The van der Waals surface area contributed by atoms with Crippen LogP contribution in [0.1, 0.15) is 21.5 Å². The zero-order chi connectivity index (χ0) is 16.1. The summed E-state index contributed by atoms with van der Waals surface area (Å²) < 4.78 is 13.0. The molecule has 0 aromatic heterocycles. The molecule has 0 aliphatic rings. The van der Waals surface area contributed by atoms with Crippen LogP contribution in [0.25, 0.3) is 0 Å². The van der Waals surface area contributed by atoms with Crippen LogP contribution in [-0.4, -0.2) is 17.4 Å². The number of carbonyl (C=O) groups excluding carboxylic acids is 1. The van der Waals surface area contributed by atoms with Crippen molar-refractivity contribution in [3.63, 3.8) is 0 Å². The minimum absolute atomic E-state index is 0.0854. The Morgan fingerprint density at radius 1 is 1.27 bits per heavy atom. The second-order valence-electron chi connectivity index (χ2n) is 4.89. The molecule has 0 aliphatic carbocycles. The largest absolute Gasteiger partial charge is 0.352 e. The second-order valence-corrected chi connectivity index (χ2v) is 4.89. The molecular formula is C16H15FN2O3. The van der Waals surface area contributed by atoms with Crippen molar-refractivity contribution < 1.29 is 14.1 Å². The van der Waals surface area contributed by atoms with Gasteiger partial charge in [0, 0.05) is 23.7 Å². The van der Waals surface area contributed by atoms with Gasteiger partial charge in [-0.1, -0.05) is 18.2 Å². The van der Waals surface area contributed by atoms with Crippen LogP contribution in [0.4, 0.5) is 10.1 Å². The lowest BCUT2D eigenvalue weighted by molar-refractivity contribution is -0.385. The second kappa shape index (κ2) is 6.80. The number of benzene rings is 2. The SMILES string of the molecule is Cc1ccc(C(=O)NCCc2cccc(F)c2)cc1[N+](=O)[O-]. The van der Waals surface area contributed by atoms with E-state index in [1.54, 1.807) is 31.2 Å². The lowest BCUT2D eigenvalue weighted by Gasteiger charge is -2.06. The lowest BCUT2D eigenvalue weighted by Crippen LogP contribution is -2.25. The molecule has 0 heterocycles. The van der Waals surface area contributed by atoms with E-state index in [9.17, 15) is 19.3 Å². The highest BCUT2D eigenvalue weighted by Gasteiger charge is 2.14. The number of nitrogens with zero attached hydrogens (tertiary/aromatic N) is 1. The van der Waals surface area contributed by atoms with E-state index >= 15 is 0 Å². The number of nitrogens with one attached hydrogen (secondary N) is 1. The van der Waals surface area contributed by atoms with E-state index in [2.05, 4.69) is 5.32 Å². The first-order valence-electron chi connectivity index (χ1n) is 6.75. The van der Waals surface area contributed by atoms with Crippen molar-refractivity contribution in [3.8, 4) is 0 Å². The number of halogens is 1. The Bertz CT molecular complexity index is 716. The predicted octanol–water partition coefficient (Wildman–Crippen LogP) is 3.01. The first kappa shape index (κ1) is 15.6. The number of carbonyl (C=O) groups is 1. The smallest absolute Gasteiger partial charge is 0.273 e. The van der Waals surface area contributed by atoms with E-state index in [1.165, 1.54) is 18.2 Å². The van der Waals surface area contributed by atoms with E-state index in [-0.39, 0.29) is 23.0 Å². The highest BCUT2D eigenvalue weighted by Crippen LogP contribution is 2.19. The van der Waals surface area contributed by atoms with Crippen LogP contribution in [0.5, 0.6) is 0 Å². The monoisotopic (exact) mass is 302 g/mol. The van der Waals surface area contributed by atoms with Gasteiger partial charge in [-0.3, -0.25) is 14.9 Å². The molecule has 0 saturated carbocycles. The molecule has 0 saturated heterocycles. The first-order chi connectivity index (χ1) is 10.5. The summed E-state index contributed by atoms with van der Waals surface area (Å²) >= 11 is 0. The van der Waals surface area contributed by atoms with Crippen molar-refractivity contribution in [3.05, 3.63) is 75.1 Å². The van der Waals surface area contributed by atoms with Gasteiger partial charge in [0.1, 0.15) is 5.82 Å². The summed E-state index contributed by atoms with van der Waals surface area (Å²) in [6, 6.07) is 10.5. The lowest BCUT2D eigenvalue weighted by atomic mass is 10.1. The molecule has 0 unspecified atom stereocenters. The molecule has 0 radical (unpaired) electrons. The quantitative estimate of drug-likeness (QED) is 0.681. The number of amides is 1. The van der Waals surface area contributed by atoms with E-state index in [0.717, 1.165) is 5.56 Å². The topological polar surface area (TPSA) is 72.2 Å². The van der Waals surface area contributed by atoms with Crippen molar-refractivity contribution in [1.82, 2.24) is 5.32 Å². The van der Waals surface area contributed by atoms with Crippen LogP contribution >= 0.6 is 0 Å². The maximum absolute atomic E-state index is 13.0. The fourth-order valence-corrected chi connectivity index (χ4v) is 2.06. The van der Waals surface area contributed by atoms with Crippen molar-refractivity contribution in [1.29, 1.82) is 0 Å². The highest BCUT2D eigenvalue weighted by atomic mass is 19.1. The van der Waals surface area contributed by atoms with Crippen molar-refractivity contribution >= 4 is 11.6 Å². The van der Waals surface area contributed by atoms with Gasteiger partial charge in [-0.2, -0.15) is 0 Å². The standard InChI is InChI=1S/C16H15FN2O3/c1-11-5-6-13(10-15(11)19(21)22)16(20)18-8-7-12-3-2-4-14(17)9-12/h2-6,9-10H,7-8H2,1H3,(H,18,20). The Kier molecular flexibility index (Phi) is 4.83. The summed E-state index contributed by atoms with van der Waals surface area (Å²) in [5.41, 5.74) is 1.42. The summed E-state index contributed by atoms with van der Waals surface area (Å²) in [6.07, 6.45) is 0.484. The molecule has 1 N–H and O–H groups in total. The van der Waals surface area contributed by atoms with Gasteiger partial charge in [-0.15, -0.1) is 0 Å². The number of nitro groups is 1. The fraction of sp³-hybridized carbons (Fsp3) is 0.188. The summed E-state index contributed by atoms with van der Waals surface area (Å²) in [5.74, 6) is -0.711. The van der Waals surface area contributed by atoms with Crippen molar-refractivity contribution in [2.24, 2.45) is 0 Å². The van der Waals surface area contributed by atoms with Crippen LogP contribution in [0, 0.1) is 22.9 Å². The number of hydrogen-bond acceptors (Lipinski definition) is 3. The molecule has 6 heteroatoms. The van der Waals surface area contributed by atoms with Crippen LogP contribution in [-0.2, 0) is 6.42 Å². The molecule has 0 aliphatic heterocycles. The Labute approximate surface area is 126 Å². The van der Waals surface area contributed by atoms with Gasteiger partial charge in [0.15, 0.2) is 0 Å². The van der Waals surface area contributed by atoms with Crippen LogP contribution < -0.4 is 5.32 Å². The van der Waals surface area contributed by atoms with Crippen LogP contribution in [0.2, 0.25) is 0 Å². The molecule has 2 rings (SSSR count). The minimum Gasteiger partial charge on any atom is -0.352 e. The summed E-state index contributed by atoms with van der Waals surface area (Å²) in [6.45, 7) is 1.94. The zero-order valence-electron chi connectivity index (χ0n) is 12.0. The van der Waals surface area contributed by atoms with Gasteiger partial charge in [0.05, 0.1) is 4.92 Å². The third kappa shape index (κ3) is 3.88. The molecule has 1 amide bonds. The maximum atomic E-state index is 13.0. The highest BCUT2D eigenvalue weighted by molar-refractivity contribution is 5.94. The Morgan fingerprint density at radius 2 is 2.05 bits per heavy atom. The van der Waals surface area contributed by atoms with E-state index in [0.29, 0.717) is 18.5 Å². The molecule has 5 nitrogen and oxygen atoms in total. The summed E-state index contributed by atoms with van der Waals surface area (Å²) in [5, 5.41) is 13.5. The molecular weight excluding hydrogens is 287 g/mol. The number of nitro benzene ring substituents is 1. The van der Waals surface area contributed by atoms with E-state index < -0.39 is 4.92 Å². The predicted molar refractivity (Wildman–Crippen MR) is 80.3 cm³/mol. The van der Waals surface area contributed by atoms with Crippen molar-refractivity contribution in [2.75, 3.05) is 6.54 Å². The van der Waals surface area contributed by atoms with Crippen LogP contribution in [0.15, 0.2) is 42.5 Å².